The van der Waals surface area contributed by atoms with Gasteiger partial charge in [0.15, 0.2) is 0 Å². The molecule has 0 saturated carbocycles. The molecular formula is C12H20N4O2. The van der Waals surface area contributed by atoms with Gasteiger partial charge in [0.05, 0.1) is 6.61 Å². The van der Waals surface area contributed by atoms with Crippen molar-refractivity contribution in [3.05, 3.63) is 11.8 Å². The van der Waals surface area contributed by atoms with E-state index < -0.39 is 5.60 Å². The molecule has 1 fully saturated rings. The number of aromatic nitrogens is 2. The maximum absolute atomic E-state index is 10.1. The first-order valence-corrected chi connectivity index (χ1v) is 6.25. The quantitative estimate of drug-likeness (QED) is 0.718. The van der Waals surface area contributed by atoms with Crippen LogP contribution in [0, 0.1) is 6.92 Å². The number of aryl methyl sites for hydroxylation is 1. The van der Waals surface area contributed by atoms with Gasteiger partial charge in [0.1, 0.15) is 11.4 Å². The summed E-state index contributed by atoms with van der Waals surface area (Å²) in [5.74, 6) is 1.33. The van der Waals surface area contributed by atoms with E-state index >= 15 is 0 Å². The molecule has 0 aliphatic carbocycles. The second-order valence-corrected chi connectivity index (χ2v) is 4.63. The van der Waals surface area contributed by atoms with E-state index in [1.807, 2.05) is 19.9 Å². The first kappa shape index (κ1) is 13.0. The third-order valence-corrected chi connectivity index (χ3v) is 2.87. The number of hydrogen-bond donors (Lipinski definition) is 3. The van der Waals surface area contributed by atoms with Gasteiger partial charge in [0, 0.05) is 37.9 Å². The minimum absolute atomic E-state index is 0.379. The van der Waals surface area contributed by atoms with Crippen molar-refractivity contribution in [1.82, 2.24) is 9.97 Å². The number of anilines is 2. The second-order valence-electron chi connectivity index (χ2n) is 4.63. The molecule has 18 heavy (non-hydrogen) atoms. The fourth-order valence-electron chi connectivity index (χ4n) is 1.89. The largest absolute Gasteiger partial charge is 0.386 e. The van der Waals surface area contributed by atoms with Gasteiger partial charge in [0.2, 0.25) is 5.95 Å². The number of aliphatic hydroxyl groups is 1. The molecule has 0 amide bonds. The van der Waals surface area contributed by atoms with Crippen molar-refractivity contribution >= 4 is 11.8 Å². The van der Waals surface area contributed by atoms with Crippen LogP contribution in [0.2, 0.25) is 0 Å². The van der Waals surface area contributed by atoms with E-state index in [2.05, 4.69) is 20.6 Å². The molecule has 0 radical (unpaired) electrons. The van der Waals surface area contributed by atoms with Gasteiger partial charge in [-0.15, -0.1) is 0 Å². The minimum atomic E-state index is -0.781. The van der Waals surface area contributed by atoms with Crippen molar-refractivity contribution in [3.63, 3.8) is 0 Å². The Labute approximate surface area is 107 Å². The van der Waals surface area contributed by atoms with Crippen LogP contribution in [-0.2, 0) is 4.74 Å². The third kappa shape index (κ3) is 3.30. The summed E-state index contributed by atoms with van der Waals surface area (Å²) in [6.45, 7) is 6.13. The van der Waals surface area contributed by atoms with Crippen molar-refractivity contribution in [1.29, 1.82) is 0 Å². The molecule has 1 aromatic heterocycles. The van der Waals surface area contributed by atoms with E-state index in [1.54, 1.807) is 0 Å². The predicted octanol–water partition coefficient (Wildman–Crippen LogP) is 0.780. The molecular weight excluding hydrogens is 232 g/mol. The van der Waals surface area contributed by atoms with E-state index in [9.17, 15) is 5.11 Å². The standard InChI is InChI=1S/C12H20N4O2/c1-3-13-11-15-9(2)6-10(16-11)14-7-12(17)4-5-18-8-12/h6,17H,3-5,7-8H2,1-2H3,(H2,13,14,15,16). The summed E-state index contributed by atoms with van der Waals surface area (Å²) in [5, 5.41) is 16.4. The van der Waals surface area contributed by atoms with Gasteiger partial charge in [-0.25, -0.2) is 4.98 Å². The van der Waals surface area contributed by atoms with Gasteiger partial charge < -0.3 is 20.5 Å². The summed E-state index contributed by atoms with van der Waals surface area (Å²) in [6, 6.07) is 1.86. The predicted molar refractivity (Wildman–Crippen MR) is 69.8 cm³/mol. The van der Waals surface area contributed by atoms with Gasteiger partial charge in [-0.05, 0) is 13.8 Å². The fraction of sp³-hybridized carbons (Fsp3) is 0.667. The molecule has 2 rings (SSSR count). The summed E-state index contributed by atoms with van der Waals surface area (Å²) in [7, 11) is 0. The van der Waals surface area contributed by atoms with Crippen molar-refractivity contribution in [2.45, 2.75) is 25.9 Å². The Bertz CT molecular complexity index is 405. The zero-order valence-electron chi connectivity index (χ0n) is 10.9. The highest BCUT2D eigenvalue weighted by Crippen LogP contribution is 2.19. The lowest BCUT2D eigenvalue weighted by atomic mass is 10.0. The van der Waals surface area contributed by atoms with E-state index in [0.717, 1.165) is 18.1 Å². The number of ether oxygens (including phenoxy) is 1. The summed E-state index contributed by atoms with van der Waals surface area (Å²) >= 11 is 0. The Kier molecular flexibility index (Phi) is 3.98. The molecule has 100 valence electrons. The van der Waals surface area contributed by atoms with Gasteiger partial charge in [0.25, 0.3) is 0 Å². The van der Waals surface area contributed by atoms with E-state index in [-0.39, 0.29) is 0 Å². The van der Waals surface area contributed by atoms with E-state index in [1.165, 1.54) is 0 Å². The maximum atomic E-state index is 10.1. The monoisotopic (exact) mass is 252 g/mol. The Balaban J connectivity index is 2.00. The van der Waals surface area contributed by atoms with Crippen LogP contribution in [0.4, 0.5) is 11.8 Å². The summed E-state index contributed by atoms with van der Waals surface area (Å²) in [5.41, 5.74) is 0.107. The van der Waals surface area contributed by atoms with Gasteiger partial charge in [-0.2, -0.15) is 4.98 Å². The van der Waals surface area contributed by atoms with Crippen LogP contribution in [0.15, 0.2) is 6.07 Å². The third-order valence-electron chi connectivity index (χ3n) is 2.87. The highest BCUT2D eigenvalue weighted by molar-refractivity contribution is 5.42. The van der Waals surface area contributed by atoms with Crippen LogP contribution < -0.4 is 10.6 Å². The van der Waals surface area contributed by atoms with Gasteiger partial charge in [-0.3, -0.25) is 0 Å². The summed E-state index contributed by atoms with van der Waals surface area (Å²) in [6.07, 6.45) is 0.657. The summed E-state index contributed by atoms with van der Waals surface area (Å²) < 4.78 is 5.20. The first-order chi connectivity index (χ1) is 8.61. The number of rotatable bonds is 5. The average molecular weight is 252 g/mol. The highest BCUT2D eigenvalue weighted by Gasteiger charge is 2.32. The summed E-state index contributed by atoms with van der Waals surface area (Å²) in [4.78, 5) is 8.60. The average Bonchev–Trinajstić information content (AvgIpc) is 2.74. The molecule has 1 aromatic rings. The molecule has 0 spiro atoms. The van der Waals surface area contributed by atoms with Gasteiger partial charge in [-0.1, -0.05) is 0 Å². The molecule has 1 aliphatic rings. The molecule has 1 saturated heterocycles. The molecule has 6 heteroatoms. The van der Waals surface area contributed by atoms with Crippen LogP contribution >= 0.6 is 0 Å². The highest BCUT2D eigenvalue weighted by atomic mass is 16.5. The van der Waals surface area contributed by atoms with E-state index in [0.29, 0.717) is 32.1 Å². The SMILES string of the molecule is CCNc1nc(C)cc(NCC2(O)CCOC2)n1. The molecule has 0 aromatic carbocycles. The van der Waals surface area contributed by atoms with Crippen LogP contribution in [0.1, 0.15) is 19.0 Å². The Morgan fingerprint density at radius 3 is 2.94 bits per heavy atom. The maximum Gasteiger partial charge on any atom is 0.224 e. The topological polar surface area (TPSA) is 79.3 Å². The van der Waals surface area contributed by atoms with E-state index in [4.69, 9.17) is 4.74 Å². The molecule has 1 unspecified atom stereocenters. The van der Waals surface area contributed by atoms with Crippen molar-refractivity contribution in [3.8, 4) is 0 Å². The van der Waals surface area contributed by atoms with Crippen LogP contribution in [0.3, 0.4) is 0 Å². The van der Waals surface area contributed by atoms with Crippen LogP contribution in [0.5, 0.6) is 0 Å². The Morgan fingerprint density at radius 1 is 1.44 bits per heavy atom. The number of nitrogens with one attached hydrogen (secondary N) is 2. The molecule has 6 nitrogen and oxygen atoms in total. The molecule has 0 bridgehead atoms. The Morgan fingerprint density at radius 2 is 2.28 bits per heavy atom. The number of hydrogen-bond acceptors (Lipinski definition) is 6. The lowest BCUT2D eigenvalue weighted by molar-refractivity contribution is 0.0381. The first-order valence-electron chi connectivity index (χ1n) is 6.25. The zero-order chi connectivity index (χ0) is 13.0. The normalized spacial score (nSPS) is 23.1. The number of nitrogens with zero attached hydrogens (tertiary/aromatic N) is 2. The lowest BCUT2D eigenvalue weighted by Crippen LogP contribution is -2.37. The lowest BCUT2D eigenvalue weighted by Gasteiger charge is -2.21. The molecule has 1 aliphatic heterocycles. The second kappa shape index (κ2) is 5.49. The smallest absolute Gasteiger partial charge is 0.224 e. The molecule has 1 atom stereocenters. The van der Waals surface area contributed by atoms with Crippen molar-refractivity contribution in [2.24, 2.45) is 0 Å². The van der Waals surface area contributed by atoms with Crippen LogP contribution in [-0.4, -0.2) is 47.0 Å². The van der Waals surface area contributed by atoms with Crippen LogP contribution in [0.25, 0.3) is 0 Å². The molecule has 3 N–H and O–H groups in total. The van der Waals surface area contributed by atoms with Gasteiger partial charge >= 0.3 is 0 Å². The Hall–Kier alpha value is -1.40. The van der Waals surface area contributed by atoms with Crippen molar-refractivity contribution in [2.75, 3.05) is 36.9 Å². The minimum Gasteiger partial charge on any atom is -0.386 e. The fourth-order valence-corrected chi connectivity index (χ4v) is 1.89. The van der Waals surface area contributed by atoms with Crippen molar-refractivity contribution < 1.29 is 9.84 Å². The molecule has 2 heterocycles. The zero-order valence-corrected chi connectivity index (χ0v) is 10.9.